The molecule has 2 unspecified atom stereocenters. The zero-order valence-corrected chi connectivity index (χ0v) is 31.8. The van der Waals surface area contributed by atoms with Crippen molar-refractivity contribution in [2.24, 2.45) is 17.3 Å². The van der Waals surface area contributed by atoms with Crippen molar-refractivity contribution >= 4 is 23.7 Å². The number of nitrogens with zero attached hydrogens (tertiary/aromatic N) is 7. The Morgan fingerprint density at radius 2 is 1.75 bits per heavy atom. The predicted octanol–water partition coefficient (Wildman–Crippen LogP) is 4.53. The monoisotopic (exact) mass is 729 g/mol. The van der Waals surface area contributed by atoms with E-state index in [4.69, 9.17) is 19.7 Å². The molecule has 2 atom stereocenters. The Balaban J connectivity index is 0.000000815. The van der Waals surface area contributed by atoms with Gasteiger partial charge in [-0.15, -0.1) is 10.2 Å². The predicted molar refractivity (Wildman–Crippen MR) is 195 cm³/mol. The number of carboxylic acids is 2. The van der Waals surface area contributed by atoms with Gasteiger partial charge in [-0.3, -0.25) is 9.69 Å². The average Bonchev–Trinajstić information content (AvgIpc) is 3.52. The normalized spacial score (nSPS) is 16.6. The molecule has 2 aromatic rings. The van der Waals surface area contributed by atoms with Crippen molar-refractivity contribution < 1.29 is 38.5 Å². The molecule has 0 radical (unpaired) electrons. The molecule has 52 heavy (non-hydrogen) atoms. The highest BCUT2D eigenvalue weighted by molar-refractivity contribution is 5.97. The first-order chi connectivity index (χ1) is 24.6. The number of likely N-dealkylation sites (N-methyl/N-ethyl adjacent to an activating group) is 1. The van der Waals surface area contributed by atoms with Crippen LogP contribution in [0.15, 0.2) is 36.7 Å². The van der Waals surface area contributed by atoms with Crippen LogP contribution in [0.5, 0.6) is 11.6 Å². The summed E-state index contributed by atoms with van der Waals surface area (Å²) in [6, 6.07) is 4.50. The quantitative estimate of drug-likeness (QED) is 0.219. The van der Waals surface area contributed by atoms with Crippen molar-refractivity contribution in [3.05, 3.63) is 48.1 Å². The second kappa shape index (κ2) is 19.6. The Morgan fingerprint density at radius 3 is 2.33 bits per heavy atom. The van der Waals surface area contributed by atoms with Crippen LogP contribution in [0.1, 0.15) is 64.7 Å². The molecule has 288 valence electrons. The number of aromatic nitrogens is 3. The van der Waals surface area contributed by atoms with Gasteiger partial charge in [-0.05, 0) is 70.7 Å². The molecule has 2 fully saturated rings. The van der Waals surface area contributed by atoms with Crippen LogP contribution in [-0.4, -0.2) is 137 Å². The lowest BCUT2D eigenvalue weighted by molar-refractivity contribution is -0.134. The van der Waals surface area contributed by atoms with Crippen LogP contribution in [0.2, 0.25) is 0 Å². The summed E-state index contributed by atoms with van der Waals surface area (Å²) in [7, 11) is 3.93. The Kier molecular flexibility index (Phi) is 15.9. The number of carbonyl (C=O) groups excluding carboxylic acids is 1. The summed E-state index contributed by atoms with van der Waals surface area (Å²) in [6.07, 6.45) is 4.78. The summed E-state index contributed by atoms with van der Waals surface area (Å²) in [4.78, 5) is 45.9. The van der Waals surface area contributed by atoms with Gasteiger partial charge >= 0.3 is 11.9 Å². The number of rotatable bonds is 17. The van der Waals surface area contributed by atoms with Gasteiger partial charge in [-0.2, -0.15) is 0 Å². The molecular weight excluding hydrogens is 673 g/mol. The van der Waals surface area contributed by atoms with Gasteiger partial charge in [0.15, 0.2) is 5.82 Å². The number of carbonyl (C=O) groups is 3. The SMILES string of the molecule is CCN(C(=O)c1cc(F)ccc1Oc1nncnc1N1CCC2(C1)CN(C(CC(C)CN(C)CCOC)C(C)C)C2)C(C)C.O=C(O)/C=C/C(=O)O. The van der Waals surface area contributed by atoms with Gasteiger partial charge in [0, 0.05) is 82.6 Å². The fourth-order valence-electron chi connectivity index (χ4n) is 7.07. The molecule has 2 aliphatic rings. The van der Waals surface area contributed by atoms with E-state index in [1.807, 2.05) is 20.8 Å². The fourth-order valence-corrected chi connectivity index (χ4v) is 7.07. The highest BCUT2D eigenvalue weighted by Gasteiger charge is 2.50. The Labute approximate surface area is 306 Å². The Morgan fingerprint density at radius 1 is 1.08 bits per heavy atom. The molecule has 2 N–H and O–H groups in total. The summed E-state index contributed by atoms with van der Waals surface area (Å²) < 4.78 is 25.7. The lowest BCUT2D eigenvalue weighted by Gasteiger charge is -2.53. The number of hydrogen-bond donors (Lipinski definition) is 2. The topological polar surface area (TPSA) is 162 Å². The third-order valence-corrected chi connectivity index (χ3v) is 9.54. The van der Waals surface area contributed by atoms with E-state index in [1.54, 1.807) is 12.0 Å². The van der Waals surface area contributed by atoms with Crippen LogP contribution in [0, 0.1) is 23.1 Å². The molecule has 1 amide bonds. The summed E-state index contributed by atoms with van der Waals surface area (Å²) in [5, 5.41) is 23.9. The van der Waals surface area contributed by atoms with E-state index in [1.165, 1.54) is 30.9 Å². The Hall–Kier alpha value is -4.21. The number of carboxylic acid groups (broad SMARTS) is 2. The maximum Gasteiger partial charge on any atom is 0.328 e. The molecular formula is C37H56FN7O7. The molecule has 14 nitrogen and oxygen atoms in total. The first-order valence-electron chi connectivity index (χ1n) is 17.9. The van der Waals surface area contributed by atoms with Crippen molar-refractivity contribution in [2.75, 3.05) is 71.5 Å². The average molecular weight is 730 g/mol. The van der Waals surface area contributed by atoms with Gasteiger partial charge in [-0.25, -0.2) is 19.0 Å². The minimum atomic E-state index is -1.26. The lowest BCUT2D eigenvalue weighted by atomic mass is 9.76. The second-order valence-corrected chi connectivity index (χ2v) is 14.5. The fraction of sp³-hybridized carbons (Fsp3) is 0.622. The van der Waals surface area contributed by atoms with Crippen LogP contribution < -0.4 is 9.64 Å². The van der Waals surface area contributed by atoms with E-state index in [9.17, 15) is 18.8 Å². The van der Waals surface area contributed by atoms with Gasteiger partial charge in [0.1, 0.15) is 17.9 Å². The van der Waals surface area contributed by atoms with E-state index in [0.29, 0.717) is 42.4 Å². The highest BCUT2D eigenvalue weighted by Crippen LogP contribution is 2.45. The molecule has 1 aromatic carbocycles. The third-order valence-electron chi connectivity index (χ3n) is 9.54. The van der Waals surface area contributed by atoms with Crippen molar-refractivity contribution in [3.63, 3.8) is 0 Å². The maximum atomic E-state index is 14.3. The summed E-state index contributed by atoms with van der Waals surface area (Å²) >= 11 is 0. The number of halogens is 1. The molecule has 3 heterocycles. The molecule has 0 aliphatic carbocycles. The minimum Gasteiger partial charge on any atom is -0.478 e. The van der Waals surface area contributed by atoms with Crippen LogP contribution in [0.3, 0.4) is 0 Å². The number of benzene rings is 1. The zero-order valence-electron chi connectivity index (χ0n) is 31.8. The standard InChI is InChI=1S/C33H52FN7O3.C4H4O4/c1-9-41(24(4)5)32(42)27-17-26(34)10-11-29(27)44-31-30(35-22-36-37-31)39-13-12-33(19-39)20-40(21-33)28(23(2)3)16-25(6)18-38(7)14-15-43-8;5-3(6)1-2-4(7)8/h10-11,17,22-25,28H,9,12-16,18-21H2,1-8H3;1-2H,(H,5,6)(H,7,8)/b;2-1+. The molecule has 0 saturated carbocycles. The van der Waals surface area contributed by atoms with E-state index in [0.717, 1.165) is 52.3 Å². The number of amides is 1. The summed E-state index contributed by atoms with van der Waals surface area (Å²) in [5.74, 6) is -1.07. The van der Waals surface area contributed by atoms with Crippen LogP contribution in [0.25, 0.3) is 0 Å². The van der Waals surface area contributed by atoms with Crippen molar-refractivity contribution in [2.45, 2.75) is 66.5 Å². The maximum absolute atomic E-state index is 14.3. The van der Waals surface area contributed by atoms with Crippen LogP contribution in [0.4, 0.5) is 10.2 Å². The molecule has 2 saturated heterocycles. The zero-order chi connectivity index (χ0) is 38.6. The largest absolute Gasteiger partial charge is 0.478 e. The minimum absolute atomic E-state index is 0.0408. The van der Waals surface area contributed by atoms with Gasteiger partial charge in [0.25, 0.3) is 11.8 Å². The van der Waals surface area contributed by atoms with Gasteiger partial charge in [0.05, 0.1) is 12.2 Å². The van der Waals surface area contributed by atoms with E-state index in [-0.39, 0.29) is 34.6 Å². The van der Waals surface area contributed by atoms with Gasteiger partial charge in [-0.1, -0.05) is 20.8 Å². The number of hydrogen-bond acceptors (Lipinski definition) is 11. The first-order valence-corrected chi connectivity index (χ1v) is 17.9. The number of ether oxygens (including phenoxy) is 2. The molecule has 1 spiro atoms. The highest BCUT2D eigenvalue weighted by atomic mass is 19.1. The molecule has 15 heteroatoms. The molecule has 4 rings (SSSR count). The van der Waals surface area contributed by atoms with E-state index >= 15 is 0 Å². The molecule has 0 bridgehead atoms. The number of anilines is 1. The van der Waals surface area contributed by atoms with Crippen molar-refractivity contribution in [1.29, 1.82) is 0 Å². The van der Waals surface area contributed by atoms with E-state index in [2.05, 4.69) is 57.7 Å². The molecule has 1 aromatic heterocycles. The Bertz CT molecular complexity index is 1500. The first kappa shape index (κ1) is 42.2. The number of aliphatic carboxylic acids is 2. The van der Waals surface area contributed by atoms with Crippen molar-refractivity contribution in [1.82, 2.24) is 29.9 Å². The van der Waals surface area contributed by atoms with Crippen LogP contribution in [-0.2, 0) is 14.3 Å². The van der Waals surface area contributed by atoms with Gasteiger partial charge in [0.2, 0.25) is 0 Å². The van der Waals surface area contributed by atoms with Gasteiger partial charge < -0.3 is 34.4 Å². The summed E-state index contributed by atoms with van der Waals surface area (Å²) in [6.45, 7) is 19.9. The summed E-state index contributed by atoms with van der Waals surface area (Å²) in [5.41, 5.74) is 0.354. The van der Waals surface area contributed by atoms with Crippen molar-refractivity contribution in [3.8, 4) is 11.6 Å². The molecule has 2 aliphatic heterocycles. The smallest absolute Gasteiger partial charge is 0.328 e. The number of methoxy groups -OCH3 is 1. The third kappa shape index (κ3) is 11.9. The number of likely N-dealkylation sites (tertiary alicyclic amines) is 1. The lowest BCUT2D eigenvalue weighted by Crippen LogP contribution is -2.62. The van der Waals surface area contributed by atoms with E-state index < -0.39 is 17.8 Å². The van der Waals surface area contributed by atoms with Crippen LogP contribution >= 0.6 is 0 Å². The second-order valence-electron chi connectivity index (χ2n) is 14.5.